The van der Waals surface area contributed by atoms with Crippen molar-refractivity contribution in [2.75, 3.05) is 13.1 Å². The molecule has 1 aromatic heterocycles. The van der Waals surface area contributed by atoms with Gasteiger partial charge < -0.3 is 15.1 Å². The highest BCUT2D eigenvalue weighted by atomic mass is 16.3. The Morgan fingerprint density at radius 1 is 1.03 bits per heavy atom. The van der Waals surface area contributed by atoms with Gasteiger partial charge in [-0.2, -0.15) is 0 Å². The van der Waals surface area contributed by atoms with Crippen molar-refractivity contribution in [1.82, 2.24) is 4.90 Å². The molecule has 0 bridgehead atoms. The highest BCUT2D eigenvalue weighted by Crippen LogP contribution is 2.35. The summed E-state index contributed by atoms with van der Waals surface area (Å²) in [4.78, 5) is 33.4. The van der Waals surface area contributed by atoms with E-state index in [0.717, 1.165) is 16.7 Å². The molecule has 1 unspecified atom stereocenters. The van der Waals surface area contributed by atoms with Crippen LogP contribution in [0.25, 0.3) is 15.8 Å². The van der Waals surface area contributed by atoms with Gasteiger partial charge in [0.25, 0.3) is 5.91 Å². The lowest BCUT2D eigenvalue weighted by atomic mass is 9.91. The molecule has 1 amide bonds. The molecule has 4 aromatic rings. The number of benzene rings is 3. The molecule has 39 heavy (non-hydrogen) atoms. The minimum Gasteiger partial charge on any atom is -0.460 e. The number of fused-ring (bicyclic) bond motifs is 1. The number of hydrogen-bond donors (Lipinski definition) is 1. The lowest BCUT2D eigenvalue weighted by molar-refractivity contribution is 0.0587. The smallest absolute Gasteiger partial charge is 0.254 e. The summed E-state index contributed by atoms with van der Waals surface area (Å²) in [5, 5.41) is 0.425. The van der Waals surface area contributed by atoms with Crippen molar-refractivity contribution in [3.8, 4) is 0 Å². The maximum atomic E-state index is 14.1. The molecular weight excluding hydrogens is 486 g/mol. The second-order valence-corrected chi connectivity index (χ2v) is 10.4. The minimum atomic E-state index is -0.516. The summed E-state index contributed by atoms with van der Waals surface area (Å²) in [6.07, 6.45) is 0.971. The lowest BCUT2D eigenvalue weighted by Crippen LogP contribution is -2.40. The molecule has 0 aliphatic rings. The monoisotopic (exact) mass is 521 g/mol. The Kier molecular flexibility index (Phi) is 8.63. The van der Waals surface area contributed by atoms with Crippen LogP contribution in [0.4, 0.5) is 5.69 Å². The maximum Gasteiger partial charge on any atom is 0.254 e. The average molecular weight is 522 g/mol. The summed E-state index contributed by atoms with van der Waals surface area (Å²) in [7, 11) is 0. The third-order valence-electron chi connectivity index (χ3n) is 7.21. The van der Waals surface area contributed by atoms with Crippen molar-refractivity contribution < 1.29 is 9.21 Å². The van der Waals surface area contributed by atoms with Crippen LogP contribution in [-0.2, 0) is 6.42 Å². The first-order valence-corrected chi connectivity index (χ1v) is 13.3. The van der Waals surface area contributed by atoms with Crippen LogP contribution < -0.4 is 11.2 Å². The summed E-state index contributed by atoms with van der Waals surface area (Å²) in [6, 6.07) is 19.9. The SMILES string of the molecule is [C-]#[N+]c1ccc2c(=O)c(Cc3ccccc3)c(C(C(C)C)N(CCCN)C(=O)c3ccc(C)c(C)c3)oc2c1. The van der Waals surface area contributed by atoms with Crippen molar-refractivity contribution >= 4 is 22.6 Å². The predicted molar refractivity (Wildman–Crippen MR) is 156 cm³/mol. The zero-order valence-corrected chi connectivity index (χ0v) is 23.0. The molecule has 0 spiro atoms. The van der Waals surface area contributed by atoms with E-state index in [1.54, 1.807) is 23.1 Å². The number of carbonyl (C=O) groups excluding carboxylic acids is 1. The molecule has 4 rings (SSSR count). The van der Waals surface area contributed by atoms with E-state index in [0.29, 0.717) is 59.5 Å². The second kappa shape index (κ2) is 12.1. The maximum absolute atomic E-state index is 14.1. The van der Waals surface area contributed by atoms with Gasteiger partial charge in [-0.3, -0.25) is 9.59 Å². The molecule has 1 atom stereocenters. The van der Waals surface area contributed by atoms with Crippen LogP contribution in [0.15, 0.2) is 75.9 Å². The molecule has 0 fully saturated rings. The molecule has 6 nitrogen and oxygen atoms in total. The summed E-state index contributed by atoms with van der Waals surface area (Å²) < 4.78 is 6.53. The zero-order valence-electron chi connectivity index (χ0n) is 23.0. The van der Waals surface area contributed by atoms with E-state index in [1.807, 2.05) is 76.2 Å². The molecule has 1 heterocycles. The Labute approximate surface area is 229 Å². The number of hydrogen-bond acceptors (Lipinski definition) is 4. The summed E-state index contributed by atoms with van der Waals surface area (Å²) >= 11 is 0. The van der Waals surface area contributed by atoms with Crippen LogP contribution in [0.1, 0.15) is 64.7 Å². The summed E-state index contributed by atoms with van der Waals surface area (Å²) in [5.74, 6) is 0.258. The standard InChI is InChI=1S/C33H35N3O3/c1-21(2)30(36(17-9-16-34)33(38)25-13-12-22(3)23(4)18-25)32-28(19-24-10-7-6-8-11-24)31(37)27-15-14-26(35-5)20-29(27)39-32/h6-8,10-15,18,20-21,30H,9,16-17,19,34H2,1-4H3. The zero-order chi connectivity index (χ0) is 28.1. The van der Waals surface area contributed by atoms with Gasteiger partial charge in [0.05, 0.1) is 18.0 Å². The largest absolute Gasteiger partial charge is 0.460 e. The van der Waals surface area contributed by atoms with Gasteiger partial charge in [-0.15, -0.1) is 0 Å². The Balaban J connectivity index is 1.95. The van der Waals surface area contributed by atoms with E-state index < -0.39 is 6.04 Å². The first kappa shape index (κ1) is 27.8. The third-order valence-corrected chi connectivity index (χ3v) is 7.21. The van der Waals surface area contributed by atoms with Gasteiger partial charge >= 0.3 is 0 Å². The van der Waals surface area contributed by atoms with E-state index in [2.05, 4.69) is 4.85 Å². The van der Waals surface area contributed by atoms with Crippen molar-refractivity contribution in [3.05, 3.63) is 122 Å². The number of rotatable bonds is 9. The quantitative estimate of drug-likeness (QED) is 0.247. The van der Waals surface area contributed by atoms with Crippen LogP contribution >= 0.6 is 0 Å². The third kappa shape index (κ3) is 5.94. The van der Waals surface area contributed by atoms with Crippen LogP contribution in [-0.4, -0.2) is 23.9 Å². The van der Waals surface area contributed by atoms with Crippen LogP contribution in [0.5, 0.6) is 0 Å². The van der Waals surface area contributed by atoms with E-state index >= 15 is 0 Å². The van der Waals surface area contributed by atoms with Crippen molar-refractivity contribution in [2.45, 2.75) is 46.6 Å². The molecule has 0 saturated carbocycles. The number of amides is 1. The first-order chi connectivity index (χ1) is 18.7. The fourth-order valence-corrected chi connectivity index (χ4v) is 4.99. The van der Waals surface area contributed by atoms with Gasteiger partial charge in [0.1, 0.15) is 11.3 Å². The van der Waals surface area contributed by atoms with E-state index in [4.69, 9.17) is 16.7 Å². The Morgan fingerprint density at radius 2 is 1.77 bits per heavy atom. The number of aryl methyl sites for hydroxylation is 2. The predicted octanol–water partition coefficient (Wildman–Crippen LogP) is 6.74. The molecular formula is C33H35N3O3. The Bertz CT molecular complexity index is 1580. The molecule has 0 radical (unpaired) electrons. The van der Waals surface area contributed by atoms with Crippen LogP contribution in [0.2, 0.25) is 0 Å². The average Bonchev–Trinajstić information content (AvgIpc) is 2.93. The molecule has 0 aliphatic carbocycles. The van der Waals surface area contributed by atoms with E-state index in [9.17, 15) is 9.59 Å². The molecule has 0 aliphatic heterocycles. The lowest BCUT2D eigenvalue weighted by Gasteiger charge is -2.35. The molecule has 3 aromatic carbocycles. The first-order valence-electron chi connectivity index (χ1n) is 13.3. The fourth-order valence-electron chi connectivity index (χ4n) is 4.99. The highest BCUT2D eigenvalue weighted by Gasteiger charge is 2.33. The molecule has 0 saturated heterocycles. The summed E-state index contributed by atoms with van der Waals surface area (Å²) in [5.41, 5.74) is 10.7. The molecule has 200 valence electrons. The Morgan fingerprint density at radius 3 is 2.41 bits per heavy atom. The van der Waals surface area contributed by atoms with Crippen LogP contribution in [0.3, 0.4) is 0 Å². The molecule has 6 heteroatoms. The van der Waals surface area contributed by atoms with Gasteiger partial charge in [0, 0.05) is 24.1 Å². The highest BCUT2D eigenvalue weighted by molar-refractivity contribution is 5.95. The molecule has 2 N–H and O–H groups in total. The van der Waals surface area contributed by atoms with Crippen molar-refractivity contribution in [1.29, 1.82) is 0 Å². The van der Waals surface area contributed by atoms with Gasteiger partial charge in [-0.05, 0) is 67.6 Å². The number of nitrogens with zero attached hydrogens (tertiary/aromatic N) is 2. The van der Waals surface area contributed by atoms with Gasteiger partial charge in [-0.25, -0.2) is 4.85 Å². The topological polar surface area (TPSA) is 80.9 Å². The van der Waals surface area contributed by atoms with Crippen LogP contribution in [0, 0.1) is 26.3 Å². The normalized spacial score (nSPS) is 11.9. The fraction of sp³-hybridized carbons (Fsp3) is 0.303. The van der Waals surface area contributed by atoms with Gasteiger partial charge in [0.15, 0.2) is 11.1 Å². The van der Waals surface area contributed by atoms with Gasteiger partial charge in [-0.1, -0.05) is 62.4 Å². The van der Waals surface area contributed by atoms with E-state index in [1.165, 1.54) is 0 Å². The summed E-state index contributed by atoms with van der Waals surface area (Å²) in [6.45, 7) is 16.3. The Hall–Kier alpha value is -4.21. The minimum absolute atomic E-state index is 0.0718. The van der Waals surface area contributed by atoms with Gasteiger partial charge in [0.2, 0.25) is 0 Å². The number of carbonyl (C=O) groups is 1. The number of nitrogens with two attached hydrogens (primary N) is 1. The second-order valence-electron chi connectivity index (χ2n) is 10.4. The van der Waals surface area contributed by atoms with E-state index in [-0.39, 0.29) is 17.3 Å². The van der Waals surface area contributed by atoms with Crippen molar-refractivity contribution in [3.63, 3.8) is 0 Å². The van der Waals surface area contributed by atoms with Crippen molar-refractivity contribution in [2.24, 2.45) is 11.7 Å².